The molecular weight excluding hydrogens is 466 g/mol. The lowest BCUT2D eigenvalue weighted by atomic mass is 9.89. The van der Waals surface area contributed by atoms with Crippen molar-refractivity contribution in [3.8, 4) is 41.1 Å². The van der Waals surface area contributed by atoms with Gasteiger partial charge in [-0.25, -0.2) is 0 Å². The van der Waals surface area contributed by atoms with Gasteiger partial charge in [0, 0.05) is 22.4 Å². The highest BCUT2D eigenvalue weighted by Gasteiger charge is 2.29. The molecule has 6 rings (SSSR count). The van der Waals surface area contributed by atoms with E-state index in [4.69, 9.17) is 0 Å². The summed E-state index contributed by atoms with van der Waals surface area (Å²) in [6.45, 7) is 0. The summed E-state index contributed by atoms with van der Waals surface area (Å²) in [5, 5.41) is 41.1. The van der Waals surface area contributed by atoms with Crippen LogP contribution in [0.15, 0.2) is 97.1 Å². The molecule has 0 amide bonds. The van der Waals surface area contributed by atoms with Crippen LogP contribution in [0.3, 0.4) is 0 Å². The molecule has 0 saturated carbocycles. The molecule has 0 saturated heterocycles. The molecular formula is C33H17N5. The Kier molecular flexibility index (Phi) is 5.33. The summed E-state index contributed by atoms with van der Waals surface area (Å²) < 4.78 is 1.69. The van der Waals surface area contributed by atoms with E-state index in [1.165, 1.54) is 22.3 Å². The summed E-state index contributed by atoms with van der Waals surface area (Å²) >= 11 is 0. The van der Waals surface area contributed by atoms with Gasteiger partial charge in [0.2, 0.25) is 0 Å². The van der Waals surface area contributed by atoms with E-state index in [0.717, 1.165) is 5.56 Å². The van der Waals surface area contributed by atoms with E-state index in [1.54, 1.807) is 16.7 Å². The molecule has 0 bridgehead atoms. The largest absolute Gasteiger partial charge is 0.305 e. The predicted octanol–water partition coefficient (Wildman–Crippen LogP) is 5.19. The van der Waals surface area contributed by atoms with Crippen LogP contribution < -0.4 is 10.7 Å². The molecule has 174 valence electrons. The zero-order chi connectivity index (χ0) is 26.2. The topological polar surface area (TPSA) is 100 Å². The van der Waals surface area contributed by atoms with Gasteiger partial charge in [-0.2, -0.15) is 21.0 Å². The number of rotatable bonds is 2. The maximum atomic E-state index is 9.79. The second kappa shape index (κ2) is 8.96. The monoisotopic (exact) mass is 483 g/mol. The molecule has 0 aliphatic heterocycles. The molecule has 1 aliphatic carbocycles. The van der Waals surface area contributed by atoms with Crippen LogP contribution in [-0.4, -0.2) is 4.57 Å². The number of benzene rings is 4. The summed E-state index contributed by atoms with van der Waals surface area (Å²) in [4.78, 5) is 0. The van der Waals surface area contributed by atoms with E-state index in [1.807, 2.05) is 60.7 Å². The zero-order valence-corrected chi connectivity index (χ0v) is 20.1. The summed E-state index contributed by atoms with van der Waals surface area (Å²) in [5.41, 5.74) is 6.50. The van der Waals surface area contributed by atoms with Gasteiger partial charge in [-0.05, 0) is 39.9 Å². The lowest BCUT2D eigenvalue weighted by Gasteiger charge is -2.15. The van der Waals surface area contributed by atoms with Gasteiger partial charge in [0.25, 0.3) is 0 Å². The van der Waals surface area contributed by atoms with Gasteiger partial charge < -0.3 is 4.57 Å². The van der Waals surface area contributed by atoms with Crippen LogP contribution in [0.5, 0.6) is 0 Å². The Morgan fingerprint density at radius 3 is 1.39 bits per heavy atom. The maximum Gasteiger partial charge on any atom is 0.154 e. The van der Waals surface area contributed by atoms with Gasteiger partial charge in [0.05, 0.1) is 10.7 Å². The molecule has 38 heavy (non-hydrogen) atoms. The van der Waals surface area contributed by atoms with E-state index >= 15 is 0 Å². The third-order valence-electron chi connectivity index (χ3n) is 7.12. The molecule has 0 spiro atoms. The highest BCUT2D eigenvalue weighted by molar-refractivity contribution is 5.93. The van der Waals surface area contributed by atoms with Crippen molar-refractivity contribution in [2.45, 2.75) is 5.92 Å². The SMILES string of the molecule is N#CC(C#N)=c1c2ccccc2c(=C(C#N)C#N)n1-c1ccc(C2c3ccccc3-c3ccccc32)cc1. The van der Waals surface area contributed by atoms with Crippen molar-refractivity contribution in [2.24, 2.45) is 0 Å². The molecule has 5 heteroatoms. The molecule has 0 unspecified atom stereocenters. The molecule has 4 aromatic carbocycles. The van der Waals surface area contributed by atoms with E-state index in [2.05, 4.69) is 48.5 Å². The van der Waals surface area contributed by atoms with Gasteiger partial charge in [-0.3, -0.25) is 0 Å². The van der Waals surface area contributed by atoms with E-state index in [0.29, 0.717) is 27.2 Å². The van der Waals surface area contributed by atoms with E-state index < -0.39 is 0 Å². The molecule has 1 heterocycles. The lowest BCUT2D eigenvalue weighted by molar-refractivity contribution is 0.980. The fraction of sp³-hybridized carbons (Fsp3) is 0.0303. The molecule has 0 fully saturated rings. The second-order valence-corrected chi connectivity index (χ2v) is 8.97. The van der Waals surface area contributed by atoms with Crippen LogP contribution in [0.4, 0.5) is 0 Å². The van der Waals surface area contributed by atoms with Gasteiger partial charge in [0.1, 0.15) is 24.3 Å². The van der Waals surface area contributed by atoms with Crippen molar-refractivity contribution in [1.29, 1.82) is 21.0 Å². The highest BCUT2D eigenvalue weighted by atomic mass is 15.0. The number of hydrogen-bond donors (Lipinski definition) is 0. The van der Waals surface area contributed by atoms with Crippen molar-refractivity contribution >= 4 is 21.9 Å². The van der Waals surface area contributed by atoms with Gasteiger partial charge in [-0.15, -0.1) is 0 Å². The summed E-state index contributed by atoms with van der Waals surface area (Å²) in [6, 6.07) is 39.9. The Labute approximate surface area is 218 Å². The Morgan fingerprint density at radius 2 is 0.947 bits per heavy atom. The normalized spacial score (nSPS) is 11.5. The van der Waals surface area contributed by atoms with E-state index in [-0.39, 0.29) is 17.1 Å². The summed E-state index contributed by atoms with van der Waals surface area (Å²) in [6.07, 6.45) is 0. The molecule has 0 N–H and O–H groups in total. The second-order valence-electron chi connectivity index (χ2n) is 8.97. The maximum absolute atomic E-state index is 9.79. The van der Waals surface area contributed by atoms with Crippen molar-refractivity contribution < 1.29 is 0 Å². The molecule has 5 nitrogen and oxygen atoms in total. The van der Waals surface area contributed by atoms with Crippen LogP contribution >= 0.6 is 0 Å². The first kappa shape index (κ1) is 22.6. The van der Waals surface area contributed by atoms with Gasteiger partial charge >= 0.3 is 0 Å². The van der Waals surface area contributed by atoms with Crippen molar-refractivity contribution in [3.05, 3.63) is 124 Å². The van der Waals surface area contributed by atoms with Gasteiger partial charge in [0.15, 0.2) is 11.1 Å². The number of nitrogens with zero attached hydrogens (tertiary/aromatic N) is 5. The molecule has 5 aromatic rings. The van der Waals surface area contributed by atoms with Crippen LogP contribution in [0, 0.1) is 45.3 Å². The minimum atomic E-state index is -0.0922. The minimum absolute atomic E-state index is 0.0693. The smallest absolute Gasteiger partial charge is 0.154 e. The Balaban J connectivity index is 1.64. The van der Waals surface area contributed by atoms with Crippen LogP contribution in [0.2, 0.25) is 0 Å². The molecule has 1 aliphatic rings. The molecule has 0 radical (unpaired) electrons. The van der Waals surface area contributed by atoms with Gasteiger partial charge in [-0.1, -0.05) is 84.9 Å². The fourth-order valence-corrected chi connectivity index (χ4v) is 5.59. The first-order valence-corrected chi connectivity index (χ1v) is 12.0. The zero-order valence-electron chi connectivity index (χ0n) is 20.1. The first-order chi connectivity index (χ1) is 18.7. The van der Waals surface area contributed by atoms with Crippen molar-refractivity contribution in [3.63, 3.8) is 0 Å². The summed E-state index contributed by atoms with van der Waals surface area (Å²) in [5.74, 6) is 0.0693. The van der Waals surface area contributed by atoms with Crippen LogP contribution in [0.1, 0.15) is 22.6 Å². The van der Waals surface area contributed by atoms with Crippen LogP contribution in [-0.2, 0) is 0 Å². The average Bonchev–Trinajstić information content (AvgIpc) is 3.49. The van der Waals surface area contributed by atoms with Crippen LogP contribution in [0.25, 0.3) is 38.7 Å². The predicted molar refractivity (Wildman–Crippen MR) is 145 cm³/mol. The molecule has 1 aromatic heterocycles. The third-order valence-corrected chi connectivity index (χ3v) is 7.12. The Hall–Kier alpha value is -5.88. The number of nitriles is 4. The average molecular weight is 484 g/mol. The standard InChI is InChI=1S/C33H17N5/c34-17-22(18-35)32-29-11-5-6-12-30(29)33(23(19-36)20-37)38(32)24-15-13-21(14-16-24)31-27-9-3-1-7-25(27)26-8-2-4-10-28(26)31/h1-16,31H. The first-order valence-electron chi connectivity index (χ1n) is 12.0. The lowest BCUT2D eigenvalue weighted by Crippen LogP contribution is -2.28. The number of hydrogen-bond acceptors (Lipinski definition) is 4. The van der Waals surface area contributed by atoms with E-state index in [9.17, 15) is 21.0 Å². The third kappa shape index (κ3) is 3.22. The molecule has 0 atom stereocenters. The fourth-order valence-electron chi connectivity index (χ4n) is 5.59. The quantitative estimate of drug-likeness (QED) is 0.338. The Bertz CT molecular complexity index is 1910. The van der Waals surface area contributed by atoms with Crippen molar-refractivity contribution in [2.75, 3.05) is 0 Å². The minimum Gasteiger partial charge on any atom is -0.305 e. The Morgan fingerprint density at radius 1 is 0.526 bits per heavy atom. The summed E-state index contributed by atoms with van der Waals surface area (Å²) in [7, 11) is 0. The van der Waals surface area contributed by atoms with Crippen molar-refractivity contribution in [1.82, 2.24) is 4.57 Å². The highest BCUT2D eigenvalue weighted by Crippen LogP contribution is 2.47. The number of aromatic nitrogens is 1. The number of fused-ring (bicyclic) bond motifs is 4.